The number of anilines is 2. The van der Waals surface area contributed by atoms with Crippen LogP contribution >= 0.6 is 0 Å². The van der Waals surface area contributed by atoms with Gasteiger partial charge in [0.05, 0.1) is 12.3 Å². The van der Waals surface area contributed by atoms with E-state index in [0.29, 0.717) is 12.3 Å². The molecule has 0 aliphatic carbocycles. The van der Waals surface area contributed by atoms with Crippen molar-refractivity contribution in [1.29, 1.82) is 0 Å². The second kappa shape index (κ2) is 5.49. The molecule has 0 aliphatic rings. The summed E-state index contributed by atoms with van der Waals surface area (Å²) in [5.74, 6) is 0.772. The van der Waals surface area contributed by atoms with Gasteiger partial charge in [-0.1, -0.05) is 0 Å². The lowest BCUT2D eigenvalue weighted by Gasteiger charge is -2.21. The summed E-state index contributed by atoms with van der Waals surface area (Å²) in [6, 6.07) is 5.96. The molecule has 15 heavy (non-hydrogen) atoms. The molecule has 0 radical (unpaired) electrons. The van der Waals surface area contributed by atoms with Gasteiger partial charge in [-0.3, -0.25) is 0 Å². The summed E-state index contributed by atoms with van der Waals surface area (Å²) in [6.45, 7) is 8.85. The van der Waals surface area contributed by atoms with Crippen LogP contribution in [-0.4, -0.2) is 19.7 Å². The molecule has 0 heterocycles. The summed E-state index contributed by atoms with van der Waals surface area (Å²) >= 11 is 0. The van der Waals surface area contributed by atoms with Crippen molar-refractivity contribution in [2.24, 2.45) is 0 Å². The number of ether oxygens (including phenoxy) is 1. The molecule has 0 aromatic heterocycles. The number of hydrogen-bond donors (Lipinski definition) is 1. The van der Waals surface area contributed by atoms with E-state index >= 15 is 0 Å². The molecule has 0 saturated carbocycles. The fourth-order valence-electron chi connectivity index (χ4n) is 1.61. The minimum atomic E-state index is 0.648. The average Bonchev–Trinajstić information content (AvgIpc) is 2.24. The van der Waals surface area contributed by atoms with Gasteiger partial charge in [-0.2, -0.15) is 0 Å². The lowest BCUT2D eigenvalue weighted by atomic mass is 10.2. The van der Waals surface area contributed by atoms with Gasteiger partial charge < -0.3 is 15.4 Å². The number of nitrogens with zero attached hydrogens (tertiary/aromatic N) is 1. The molecular weight excluding hydrogens is 188 g/mol. The van der Waals surface area contributed by atoms with Gasteiger partial charge in [-0.15, -0.1) is 0 Å². The Kier molecular flexibility index (Phi) is 4.28. The molecular formula is C12H20N2O. The van der Waals surface area contributed by atoms with Crippen LogP contribution in [0.25, 0.3) is 0 Å². The Morgan fingerprint density at radius 2 is 1.87 bits per heavy atom. The van der Waals surface area contributed by atoms with Crippen LogP contribution in [0.3, 0.4) is 0 Å². The van der Waals surface area contributed by atoms with E-state index in [9.17, 15) is 0 Å². The third-order valence-electron chi connectivity index (χ3n) is 2.42. The summed E-state index contributed by atoms with van der Waals surface area (Å²) < 4.78 is 5.40. The van der Waals surface area contributed by atoms with E-state index in [4.69, 9.17) is 10.5 Å². The standard InChI is InChI=1S/C12H20N2O/c1-4-14(5-2)10-7-8-12(15-6-3)11(13)9-10/h7-9H,4-6,13H2,1-3H3. The topological polar surface area (TPSA) is 38.5 Å². The molecule has 2 N–H and O–H groups in total. The van der Waals surface area contributed by atoms with Crippen molar-refractivity contribution in [1.82, 2.24) is 0 Å². The SMILES string of the molecule is CCOc1ccc(N(CC)CC)cc1N. The molecule has 0 saturated heterocycles. The second-order valence-corrected chi connectivity index (χ2v) is 3.33. The molecule has 3 nitrogen and oxygen atoms in total. The van der Waals surface area contributed by atoms with Crippen LogP contribution in [0, 0.1) is 0 Å². The van der Waals surface area contributed by atoms with Crippen LogP contribution in [0.2, 0.25) is 0 Å². The van der Waals surface area contributed by atoms with Gasteiger partial charge in [0.15, 0.2) is 0 Å². The van der Waals surface area contributed by atoms with Crippen molar-refractivity contribution in [2.75, 3.05) is 30.3 Å². The van der Waals surface area contributed by atoms with Gasteiger partial charge in [0.1, 0.15) is 5.75 Å². The number of nitrogen functional groups attached to an aromatic ring is 1. The molecule has 84 valence electrons. The molecule has 1 aromatic rings. The van der Waals surface area contributed by atoms with Crippen molar-refractivity contribution in [2.45, 2.75) is 20.8 Å². The predicted molar refractivity (Wildman–Crippen MR) is 65.6 cm³/mol. The van der Waals surface area contributed by atoms with E-state index in [-0.39, 0.29) is 0 Å². The number of rotatable bonds is 5. The Balaban J connectivity index is 2.89. The zero-order valence-electron chi connectivity index (χ0n) is 9.79. The highest BCUT2D eigenvalue weighted by molar-refractivity contribution is 5.63. The van der Waals surface area contributed by atoms with Gasteiger partial charge in [0.25, 0.3) is 0 Å². The Bertz CT molecular complexity index is 308. The maximum absolute atomic E-state index is 5.90. The van der Waals surface area contributed by atoms with Crippen LogP contribution in [0.15, 0.2) is 18.2 Å². The van der Waals surface area contributed by atoms with Crippen molar-refractivity contribution in [3.63, 3.8) is 0 Å². The maximum atomic E-state index is 5.90. The van der Waals surface area contributed by atoms with Crippen molar-refractivity contribution in [3.05, 3.63) is 18.2 Å². The van der Waals surface area contributed by atoms with Gasteiger partial charge in [0, 0.05) is 18.8 Å². The number of nitrogens with two attached hydrogens (primary N) is 1. The van der Waals surface area contributed by atoms with E-state index in [0.717, 1.165) is 24.5 Å². The summed E-state index contributed by atoms with van der Waals surface area (Å²) in [7, 11) is 0. The highest BCUT2D eigenvalue weighted by Crippen LogP contribution is 2.27. The monoisotopic (exact) mass is 208 g/mol. The Morgan fingerprint density at radius 3 is 2.33 bits per heavy atom. The van der Waals surface area contributed by atoms with E-state index < -0.39 is 0 Å². The van der Waals surface area contributed by atoms with Crippen LogP contribution in [0.5, 0.6) is 5.75 Å². The van der Waals surface area contributed by atoms with Gasteiger partial charge >= 0.3 is 0 Å². The molecule has 0 amide bonds. The lowest BCUT2D eigenvalue weighted by molar-refractivity contribution is 0.342. The first-order valence-corrected chi connectivity index (χ1v) is 5.50. The fraction of sp³-hybridized carbons (Fsp3) is 0.500. The van der Waals surface area contributed by atoms with Gasteiger partial charge in [-0.25, -0.2) is 0 Å². The van der Waals surface area contributed by atoms with Gasteiger partial charge in [0.2, 0.25) is 0 Å². The predicted octanol–water partition coefficient (Wildman–Crippen LogP) is 2.51. The van der Waals surface area contributed by atoms with E-state index in [1.807, 2.05) is 25.1 Å². The second-order valence-electron chi connectivity index (χ2n) is 3.33. The minimum Gasteiger partial charge on any atom is -0.492 e. The largest absolute Gasteiger partial charge is 0.492 e. The van der Waals surface area contributed by atoms with Crippen LogP contribution in [0.4, 0.5) is 11.4 Å². The smallest absolute Gasteiger partial charge is 0.142 e. The number of benzene rings is 1. The van der Waals surface area contributed by atoms with Crippen molar-refractivity contribution >= 4 is 11.4 Å². The molecule has 0 fully saturated rings. The van der Waals surface area contributed by atoms with Crippen molar-refractivity contribution < 1.29 is 4.74 Å². The average molecular weight is 208 g/mol. The Labute approximate surface area is 91.8 Å². The maximum Gasteiger partial charge on any atom is 0.142 e. The van der Waals surface area contributed by atoms with E-state index in [1.54, 1.807) is 0 Å². The first-order valence-electron chi connectivity index (χ1n) is 5.50. The molecule has 3 heteroatoms. The van der Waals surface area contributed by atoms with Crippen LogP contribution < -0.4 is 15.4 Å². The molecule has 0 aliphatic heterocycles. The first-order chi connectivity index (χ1) is 7.22. The zero-order chi connectivity index (χ0) is 11.3. The summed E-state index contributed by atoms with van der Waals surface area (Å²) in [6.07, 6.45) is 0. The molecule has 1 rings (SSSR count). The fourth-order valence-corrected chi connectivity index (χ4v) is 1.61. The summed E-state index contributed by atoms with van der Waals surface area (Å²) in [5, 5.41) is 0. The normalized spacial score (nSPS) is 10.1. The minimum absolute atomic E-state index is 0.648. The molecule has 0 unspecified atom stereocenters. The van der Waals surface area contributed by atoms with Crippen LogP contribution in [-0.2, 0) is 0 Å². The van der Waals surface area contributed by atoms with Crippen molar-refractivity contribution in [3.8, 4) is 5.75 Å². The molecule has 0 atom stereocenters. The number of hydrogen-bond acceptors (Lipinski definition) is 3. The highest BCUT2D eigenvalue weighted by Gasteiger charge is 2.05. The van der Waals surface area contributed by atoms with E-state index in [2.05, 4.69) is 18.7 Å². The van der Waals surface area contributed by atoms with Crippen LogP contribution in [0.1, 0.15) is 20.8 Å². The van der Waals surface area contributed by atoms with Gasteiger partial charge in [-0.05, 0) is 39.0 Å². The summed E-state index contributed by atoms with van der Waals surface area (Å²) in [5.41, 5.74) is 7.77. The van der Waals surface area contributed by atoms with E-state index in [1.165, 1.54) is 0 Å². The molecule has 1 aromatic carbocycles. The molecule has 0 bridgehead atoms. The quantitative estimate of drug-likeness (QED) is 0.756. The lowest BCUT2D eigenvalue weighted by Crippen LogP contribution is -2.21. The third kappa shape index (κ3) is 2.78. The summed E-state index contributed by atoms with van der Waals surface area (Å²) in [4.78, 5) is 2.26. The Morgan fingerprint density at radius 1 is 1.20 bits per heavy atom. The highest BCUT2D eigenvalue weighted by atomic mass is 16.5. The third-order valence-corrected chi connectivity index (χ3v) is 2.42. The molecule has 0 spiro atoms. The Hall–Kier alpha value is -1.38. The first kappa shape index (κ1) is 11.7. The zero-order valence-corrected chi connectivity index (χ0v) is 9.79.